The van der Waals surface area contributed by atoms with E-state index in [0.717, 1.165) is 18.4 Å². The number of aryl methyl sites for hydroxylation is 1. The minimum atomic E-state index is -3.36. The molecule has 1 aromatic carbocycles. The third kappa shape index (κ3) is 2.78. The van der Waals surface area contributed by atoms with Crippen molar-refractivity contribution in [2.24, 2.45) is 5.92 Å². The highest BCUT2D eigenvalue weighted by atomic mass is 79.9. The van der Waals surface area contributed by atoms with Crippen molar-refractivity contribution in [1.29, 1.82) is 0 Å². The van der Waals surface area contributed by atoms with Crippen molar-refractivity contribution in [2.75, 3.05) is 13.1 Å². The molecule has 1 heterocycles. The highest BCUT2D eigenvalue weighted by molar-refractivity contribution is 9.10. The van der Waals surface area contributed by atoms with Gasteiger partial charge in [-0.05, 0) is 59.3 Å². The van der Waals surface area contributed by atoms with Gasteiger partial charge in [0, 0.05) is 17.6 Å². The van der Waals surface area contributed by atoms with Crippen molar-refractivity contribution in [1.82, 2.24) is 4.31 Å². The summed E-state index contributed by atoms with van der Waals surface area (Å²) in [6, 6.07) is 5.37. The van der Waals surface area contributed by atoms with Crippen LogP contribution in [0.25, 0.3) is 0 Å². The normalized spacial score (nSPS) is 22.1. The first-order chi connectivity index (χ1) is 8.41. The lowest BCUT2D eigenvalue weighted by atomic mass is 10.0. The fraction of sp³-hybridized carbons (Fsp3) is 0.538. The van der Waals surface area contributed by atoms with Crippen LogP contribution >= 0.6 is 15.9 Å². The molecule has 0 N–H and O–H groups in total. The summed E-state index contributed by atoms with van der Waals surface area (Å²) in [6.07, 6.45) is 2.06. The number of sulfonamides is 1. The number of benzene rings is 1. The van der Waals surface area contributed by atoms with E-state index >= 15 is 0 Å². The van der Waals surface area contributed by atoms with E-state index in [-0.39, 0.29) is 0 Å². The van der Waals surface area contributed by atoms with E-state index in [2.05, 4.69) is 22.9 Å². The summed E-state index contributed by atoms with van der Waals surface area (Å²) in [4.78, 5) is 0.377. The quantitative estimate of drug-likeness (QED) is 0.834. The Kier molecular flexibility index (Phi) is 4.14. The van der Waals surface area contributed by atoms with Crippen LogP contribution in [0.4, 0.5) is 0 Å². The molecule has 1 atom stereocenters. The van der Waals surface area contributed by atoms with Gasteiger partial charge in [-0.3, -0.25) is 0 Å². The van der Waals surface area contributed by atoms with Gasteiger partial charge in [0.1, 0.15) is 0 Å². The topological polar surface area (TPSA) is 37.4 Å². The van der Waals surface area contributed by atoms with E-state index in [1.807, 2.05) is 19.1 Å². The SMILES string of the molecule is Cc1ccc(S(=O)(=O)N2CCCC(C)C2)c(Br)c1. The predicted octanol–water partition coefficient (Wildman–Crippen LogP) is 3.18. The first-order valence-corrected chi connectivity index (χ1v) is 8.41. The molecular weight excluding hydrogens is 314 g/mol. The van der Waals surface area contributed by atoms with Gasteiger partial charge < -0.3 is 0 Å². The van der Waals surface area contributed by atoms with Gasteiger partial charge in [0.15, 0.2) is 0 Å². The van der Waals surface area contributed by atoms with Crippen molar-refractivity contribution in [3.8, 4) is 0 Å². The smallest absolute Gasteiger partial charge is 0.207 e. The summed E-state index contributed by atoms with van der Waals surface area (Å²) in [5, 5.41) is 0. The Hall–Kier alpha value is -0.390. The van der Waals surface area contributed by atoms with Crippen molar-refractivity contribution >= 4 is 26.0 Å². The Balaban J connectivity index is 2.35. The van der Waals surface area contributed by atoms with Gasteiger partial charge in [0.05, 0.1) is 4.90 Å². The second kappa shape index (κ2) is 5.31. The van der Waals surface area contributed by atoms with Crippen LogP contribution < -0.4 is 0 Å². The largest absolute Gasteiger partial charge is 0.244 e. The molecule has 0 aromatic heterocycles. The molecule has 3 nitrogen and oxygen atoms in total. The van der Waals surface area contributed by atoms with E-state index in [1.165, 1.54) is 0 Å². The maximum Gasteiger partial charge on any atom is 0.244 e. The number of halogens is 1. The van der Waals surface area contributed by atoms with Crippen LogP contribution in [-0.2, 0) is 10.0 Å². The van der Waals surface area contributed by atoms with Gasteiger partial charge in [0.25, 0.3) is 0 Å². The Morgan fingerprint density at radius 2 is 2.11 bits per heavy atom. The van der Waals surface area contributed by atoms with Crippen molar-refractivity contribution in [3.05, 3.63) is 28.2 Å². The number of hydrogen-bond donors (Lipinski definition) is 0. The third-order valence-electron chi connectivity index (χ3n) is 3.32. The van der Waals surface area contributed by atoms with E-state index in [4.69, 9.17) is 0 Å². The van der Waals surface area contributed by atoms with E-state index in [9.17, 15) is 8.42 Å². The highest BCUT2D eigenvalue weighted by Crippen LogP contribution is 2.28. The van der Waals surface area contributed by atoms with Crippen molar-refractivity contribution in [3.63, 3.8) is 0 Å². The fourth-order valence-corrected chi connectivity index (χ4v) is 5.07. The van der Waals surface area contributed by atoms with Crippen molar-refractivity contribution < 1.29 is 8.42 Å². The molecule has 2 rings (SSSR count). The van der Waals surface area contributed by atoms with Gasteiger partial charge in [-0.15, -0.1) is 0 Å². The number of rotatable bonds is 2. The molecule has 0 saturated carbocycles. The standard InChI is InChI=1S/C13H18BrNO2S/c1-10-5-6-13(12(14)8-10)18(16,17)15-7-3-4-11(2)9-15/h5-6,8,11H,3-4,7,9H2,1-2H3. The minimum absolute atomic E-state index is 0.377. The molecule has 0 aliphatic carbocycles. The summed E-state index contributed by atoms with van der Waals surface area (Å²) in [5.41, 5.74) is 1.05. The van der Waals surface area contributed by atoms with Crippen LogP contribution in [0.2, 0.25) is 0 Å². The average Bonchev–Trinajstić information content (AvgIpc) is 2.28. The van der Waals surface area contributed by atoms with Crippen LogP contribution in [0, 0.1) is 12.8 Å². The maximum absolute atomic E-state index is 12.6. The zero-order valence-corrected chi connectivity index (χ0v) is 13.1. The zero-order chi connectivity index (χ0) is 13.3. The van der Waals surface area contributed by atoms with Crippen LogP contribution in [0.1, 0.15) is 25.3 Å². The number of hydrogen-bond acceptors (Lipinski definition) is 2. The summed E-state index contributed by atoms with van der Waals surface area (Å²) >= 11 is 3.36. The Bertz CT molecular complexity index is 542. The van der Waals surface area contributed by atoms with Crippen LogP contribution in [0.3, 0.4) is 0 Å². The van der Waals surface area contributed by atoms with E-state index in [0.29, 0.717) is 28.4 Å². The van der Waals surface area contributed by atoms with Crippen molar-refractivity contribution in [2.45, 2.75) is 31.6 Å². The molecular formula is C13H18BrNO2S. The van der Waals surface area contributed by atoms with Gasteiger partial charge in [-0.1, -0.05) is 13.0 Å². The summed E-state index contributed by atoms with van der Waals surface area (Å²) in [7, 11) is -3.36. The van der Waals surface area contributed by atoms with E-state index < -0.39 is 10.0 Å². The van der Waals surface area contributed by atoms with E-state index in [1.54, 1.807) is 10.4 Å². The lowest BCUT2D eigenvalue weighted by Crippen LogP contribution is -2.39. The lowest BCUT2D eigenvalue weighted by Gasteiger charge is -2.30. The molecule has 1 saturated heterocycles. The second-order valence-electron chi connectivity index (χ2n) is 5.04. The monoisotopic (exact) mass is 331 g/mol. The molecule has 18 heavy (non-hydrogen) atoms. The first-order valence-electron chi connectivity index (χ1n) is 6.17. The summed E-state index contributed by atoms with van der Waals surface area (Å²) in [5.74, 6) is 0.442. The lowest BCUT2D eigenvalue weighted by molar-refractivity contribution is 0.281. The van der Waals surface area contributed by atoms with Crippen LogP contribution in [0.5, 0.6) is 0 Å². The zero-order valence-electron chi connectivity index (χ0n) is 10.7. The first kappa shape index (κ1) is 14.0. The minimum Gasteiger partial charge on any atom is -0.207 e. The molecule has 0 amide bonds. The maximum atomic E-state index is 12.6. The number of piperidine rings is 1. The molecule has 1 aliphatic rings. The molecule has 1 aromatic rings. The predicted molar refractivity (Wildman–Crippen MR) is 76.0 cm³/mol. The molecule has 1 unspecified atom stereocenters. The van der Waals surface area contributed by atoms with Gasteiger partial charge in [0.2, 0.25) is 10.0 Å². The van der Waals surface area contributed by atoms with Gasteiger partial charge >= 0.3 is 0 Å². The van der Waals surface area contributed by atoms with Crippen LogP contribution in [0.15, 0.2) is 27.6 Å². The fourth-order valence-electron chi connectivity index (χ4n) is 2.32. The van der Waals surface area contributed by atoms with Crippen LogP contribution in [-0.4, -0.2) is 25.8 Å². The Morgan fingerprint density at radius 1 is 1.39 bits per heavy atom. The summed E-state index contributed by atoms with van der Waals surface area (Å²) < 4.78 is 27.4. The number of nitrogens with zero attached hydrogens (tertiary/aromatic N) is 1. The van der Waals surface area contributed by atoms with Gasteiger partial charge in [-0.2, -0.15) is 4.31 Å². The Morgan fingerprint density at radius 3 is 2.72 bits per heavy atom. The molecule has 1 fully saturated rings. The molecule has 1 aliphatic heterocycles. The second-order valence-corrected chi connectivity index (χ2v) is 7.81. The summed E-state index contributed by atoms with van der Waals surface area (Å²) in [6.45, 7) is 5.31. The molecule has 0 spiro atoms. The average molecular weight is 332 g/mol. The molecule has 0 bridgehead atoms. The Labute approximate surface area is 117 Å². The third-order valence-corrected chi connectivity index (χ3v) is 6.17. The molecule has 100 valence electrons. The highest BCUT2D eigenvalue weighted by Gasteiger charge is 2.29. The van der Waals surface area contributed by atoms with Gasteiger partial charge in [-0.25, -0.2) is 8.42 Å². The molecule has 5 heteroatoms. The molecule has 0 radical (unpaired) electrons.